The van der Waals surface area contributed by atoms with Gasteiger partial charge in [-0.15, -0.1) is 0 Å². The molecule has 6 heteroatoms. The van der Waals surface area contributed by atoms with Crippen molar-refractivity contribution in [2.45, 2.75) is 6.92 Å². The predicted octanol–water partition coefficient (Wildman–Crippen LogP) is -0.972. The van der Waals surface area contributed by atoms with Crippen LogP contribution in [0.3, 0.4) is 0 Å². The lowest BCUT2D eigenvalue weighted by Gasteiger charge is -2.02. The van der Waals surface area contributed by atoms with Crippen LogP contribution < -0.4 is 10.7 Å². The van der Waals surface area contributed by atoms with Gasteiger partial charge in [0, 0.05) is 0 Å². The van der Waals surface area contributed by atoms with E-state index in [1.165, 1.54) is 0 Å². The summed E-state index contributed by atoms with van der Waals surface area (Å²) in [4.78, 5) is 10.9. The normalized spacial score (nSPS) is 7.80. The molecule has 5 nitrogen and oxygen atoms in total. The Morgan fingerprint density at radius 2 is 1.93 bits per heavy atom. The van der Waals surface area contributed by atoms with E-state index in [-0.39, 0.29) is 11.0 Å². The van der Waals surface area contributed by atoms with E-state index < -0.39 is 6.09 Å². The second-order valence-electron chi connectivity index (χ2n) is 2.42. The molecule has 5 N–H and O–H groups in total. The zero-order valence-electron chi connectivity index (χ0n) is 8.49. The zero-order chi connectivity index (χ0) is 9.52. The Morgan fingerprint density at radius 1 is 1.33 bits per heavy atom. The van der Waals surface area contributed by atoms with Crippen LogP contribution in [0.5, 0.6) is 0 Å². The van der Waals surface area contributed by atoms with Crippen molar-refractivity contribution < 1.29 is 20.5 Å². The Labute approximate surface area is 89.3 Å². The Hall–Kier alpha value is -1.53. The van der Waals surface area contributed by atoms with Gasteiger partial charge in [0.05, 0.1) is 6.61 Å². The molecule has 0 aliphatic heterocycles. The summed E-state index contributed by atoms with van der Waals surface area (Å²) >= 11 is 0. The molecule has 0 unspecified atom stereocenters. The summed E-state index contributed by atoms with van der Waals surface area (Å²) in [6.07, 6.45) is -0.425. The maximum absolute atomic E-state index is 10.9. The van der Waals surface area contributed by atoms with Crippen molar-refractivity contribution in [2.75, 3.05) is 6.61 Å². The zero-order valence-corrected chi connectivity index (χ0v) is 8.49. The van der Waals surface area contributed by atoms with Crippen LogP contribution in [0.15, 0.2) is 30.3 Å². The van der Waals surface area contributed by atoms with Crippen molar-refractivity contribution >= 4 is 19.0 Å². The van der Waals surface area contributed by atoms with Crippen molar-refractivity contribution in [1.82, 2.24) is 5.23 Å². The average molecular weight is 212 g/mol. The Morgan fingerprint density at radius 3 is 2.47 bits per heavy atom. The number of hydrogen-bond donors (Lipinski definition) is 1. The Bertz CT molecular complexity index is 268. The topological polar surface area (TPSA) is 101 Å². The summed E-state index contributed by atoms with van der Waals surface area (Å²) in [7, 11) is 1.61. The quantitative estimate of drug-likeness (QED) is 0.651. The summed E-state index contributed by atoms with van der Waals surface area (Å²) in [6.45, 7) is 2.15. The van der Waals surface area contributed by atoms with E-state index in [1.807, 2.05) is 30.3 Å². The van der Waals surface area contributed by atoms with E-state index in [9.17, 15) is 4.79 Å². The first-order valence-corrected chi connectivity index (χ1v) is 4.14. The van der Waals surface area contributed by atoms with E-state index in [2.05, 4.69) is 9.96 Å². The molecule has 1 rings (SSSR count). The summed E-state index contributed by atoms with van der Waals surface area (Å²) in [5.74, 6) is 0. The van der Waals surface area contributed by atoms with E-state index in [0.717, 1.165) is 5.46 Å². The van der Waals surface area contributed by atoms with Crippen molar-refractivity contribution in [2.24, 2.45) is 0 Å². The number of ether oxygens (including phenoxy) is 1. The molecule has 15 heavy (non-hydrogen) atoms. The minimum Gasteiger partial charge on any atom is -0.451 e. The fourth-order valence-electron chi connectivity index (χ4n) is 0.864. The van der Waals surface area contributed by atoms with Gasteiger partial charge in [-0.1, -0.05) is 35.8 Å². The molecule has 0 aliphatic carbocycles. The first kappa shape index (κ1) is 15.9. The molecule has 1 aromatic rings. The van der Waals surface area contributed by atoms with Crippen molar-refractivity contribution in [3.05, 3.63) is 30.3 Å². The van der Waals surface area contributed by atoms with Gasteiger partial charge < -0.3 is 20.9 Å². The van der Waals surface area contributed by atoms with E-state index in [1.54, 1.807) is 14.3 Å². The van der Waals surface area contributed by atoms with Crippen LogP contribution >= 0.6 is 0 Å². The number of rotatable bonds is 3. The van der Waals surface area contributed by atoms with E-state index in [0.29, 0.717) is 6.61 Å². The van der Waals surface area contributed by atoms with Gasteiger partial charge >= 0.3 is 6.09 Å². The summed E-state index contributed by atoms with van der Waals surface area (Å²) in [5.41, 5.74) is 0.940. The Kier molecular flexibility index (Phi) is 9.60. The fraction of sp³-hybridized carbons (Fsp3) is 0.222. The molecule has 0 aromatic heterocycles. The Balaban J connectivity index is 0. The van der Waals surface area contributed by atoms with E-state index >= 15 is 0 Å². The van der Waals surface area contributed by atoms with Crippen LogP contribution in [-0.4, -0.2) is 31.1 Å². The van der Waals surface area contributed by atoms with Crippen LogP contribution in [-0.2, 0) is 4.74 Å². The number of carbonyl (C=O) groups excluding carboxylic acids is 1. The molecule has 83 valence electrons. The molecule has 0 fully saturated rings. The van der Waals surface area contributed by atoms with Gasteiger partial charge in [0.25, 0.3) is 7.41 Å². The third-order valence-corrected chi connectivity index (χ3v) is 1.43. The highest BCUT2D eigenvalue weighted by Crippen LogP contribution is 1.80. The molecular formula is C9H15BNO4. The van der Waals surface area contributed by atoms with Gasteiger partial charge in [0.2, 0.25) is 0 Å². The summed E-state index contributed by atoms with van der Waals surface area (Å²) in [6, 6.07) is 9.51. The molecule has 1 aromatic carbocycles. The maximum Gasteiger partial charge on any atom is 0.394 e. The van der Waals surface area contributed by atoms with E-state index in [4.69, 9.17) is 0 Å². The first-order valence-electron chi connectivity index (χ1n) is 4.14. The molecule has 0 heterocycles. The van der Waals surface area contributed by atoms with Crippen molar-refractivity contribution in [1.29, 1.82) is 0 Å². The largest absolute Gasteiger partial charge is 0.451 e. The van der Waals surface area contributed by atoms with Crippen molar-refractivity contribution in [3.63, 3.8) is 0 Å². The van der Waals surface area contributed by atoms with Crippen LogP contribution in [0.1, 0.15) is 6.92 Å². The molecule has 0 saturated carbocycles. The molecule has 0 atom stereocenters. The van der Waals surface area contributed by atoms with Gasteiger partial charge in [0.1, 0.15) is 0 Å². The number of hydrogen-bond acceptors (Lipinski definition) is 2. The lowest BCUT2D eigenvalue weighted by molar-refractivity contribution is 0.158. The minimum absolute atomic E-state index is 0. The highest BCUT2D eigenvalue weighted by Gasteiger charge is 2.01. The summed E-state index contributed by atoms with van der Waals surface area (Å²) in [5, 5.41) is 2.51. The van der Waals surface area contributed by atoms with Crippen molar-refractivity contribution in [3.8, 4) is 0 Å². The number of carbonyl (C=O) groups is 1. The predicted molar refractivity (Wildman–Crippen MR) is 59.2 cm³/mol. The van der Waals surface area contributed by atoms with Crippen LogP contribution in [0.2, 0.25) is 0 Å². The first-order chi connectivity index (χ1) is 6.33. The highest BCUT2D eigenvalue weighted by atomic mass is 16.5. The highest BCUT2D eigenvalue weighted by molar-refractivity contribution is 6.53. The smallest absolute Gasteiger partial charge is 0.394 e. The third kappa shape index (κ3) is 6.53. The summed E-state index contributed by atoms with van der Waals surface area (Å²) < 4.78 is 4.68. The van der Waals surface area contributed by atoms with Crippen LogP contribution in [0.25, 0.3) is 0 Å². The molecule has 0 spiro atoms. The van der Waals surface area contributed by atoms with Gasteiger partial charge in [-0.25, -0.2) is 4.79 Å². The maximum atomic E-state index is 10.9. The number of benzene rings is 1. The molecule has 1 radical (unpaired) electrons. The second-order valence-corrected chi connectivity index (χ2v) is 2.42. The van der Waals surface area contributed by atoms with Gasteiger partial charge in [-0.3, -0.25) is 0 Å². The van der Waals surface area contributed by atoms with Gasteiger partial charge in [-0.05, 0) is 6.92 Å². The fourth-order valence-corrected chi connectivity index (χ4v) is 0.864. The molecule has 0 saturated heterocycles. The van der Waals surface area contributed by atoms with Crippen LogP contribution in [0.4, 0.5) is 4.79 Å². The molecule has 0 aliphatic rings. The van der Waals surface area contributed by atoms with Gasteiger partial charge in [-0.2, -0.15) is 0 Å². The molecular weight excluding hydrogens is 197 g/mol. The van der Waals surface area contributed by atoms with Crippen LogP contribution in [0, 0.1) is 0 Å². The average Bonchev–Trinajstić information content (AvgIpc) is 2.17. The second kappa shape index (κ2) is 9.05. The molecule has 1 amide bonds. The lowest BCUT2D eigenvalue weighted by Crippen LogP contribution is -2.35. The monoisotopic (exact) mass is 212 g/mol. The number of amides is 1. The SMILES string of the molecule is CCOC(=O)N[B]c1ccccc1.O.O. The molecule has 0 bridgehead atoms. The number of nitrogens with one attached hydrogen (secondary N) is 1. The van der Waals surface area contributed by atoms with Gasteiger partial charge in [0.15, 0.2) is 0 Å². The third-order valence-electron chi connectivity index (χ3n) is 1.43. The standard InChI is InChI=1S/C9H11BNO2.2H2O/c1-2-13-9(12)11-10-8-6-4-3-5-7-8;;/h3-7H,2H2,1H3,(H,11,12);2*1H2. The minimum atomic E-state index is -0.425. The lowest BCUT2D eigenvalue weighted by atomic mass is 9.83.